The van der Waals surface area contributed by atoms with Gasteiger partial charge in [0.25, 0.3) is 0 Å². The first-order valence-electron chi connectivity index (χ1n) is 7.81. The molecular weight excluding hydrogens is 264 g/mol. The molecule has 2 aliphatic heterocycles. The number of rotatable bonds is 3. The Bertz CT molecular complexity index is 523. The molecule has 0 aromatic heterocycles. The molecule has 1 aromatic rings. The van der Waals surface area contributed by atoms with E-state index in [1.54, 1.807) is 0 Å². The van der Waals surface area contributed by atoms with E-state index < -0.39 is 0 Å². The molecule has 1 amide bonds. The number of amides is 1. The molecule has 0 saturated carbocycles. The van der Waals surface area contributed by atoms with Gasteiger partial charge in [-0.1, -0.05) is 38.1 Å². The highest BCUT2D eigenvalue weighted by Gasteiger charge is 2.45. The summed E-state index contributed by atoms with van der Waals surface area (Å²) in [5.74, 6) is 0.505. The van der Waals surface area contributed by atoms with Crippen LogP contribution >= 0.6 is 0 Å². The highest BCUT2D eigenvalue weighted by Crippen LogP contribution is 2.33. The molecule has 2 heterocycles. The van der Waals surface area contributed by atoms with Crippen molar-refractivity contribution < 1.29 is 9.53 Å². The molecule has 1 aromatic carbocycles. The van der Waals surface area contributed by atoms with Crippen LogP contribution in [0.4, 0.5) is 0 Å². The molecule has 21 heavy (non-hydrogen) atoms. The first-order valence-corrected chi connectivity index (χ1v) is 7.81. The maximum Gasteiger partial charge on any atom is 0.241 e. The standard InChI is InChI=1S/C17H24N2O2/c1-11(2)15-17(20)19(13-8-9-21-10-13)16(18-15)14-7-5-4-6-12(14)3/h4-7,11,13,15-16,18H,8-10H2,1-3H3. The molecule has 3 rings (SSSR count). The number of aryl methyl sites for hydroxylation is 1. The zero-order valence-electron chi connectivity index (χ0n) is 13.0. The molecule has 2 fully saturated rings. The molecule has 0 aliphatic carbocycles. The van der Waals surface area contributed by atoms with Crippen LogP contribution in [-0.2, 0) is 9.53 Å². The number of ether oxygens (including phenoxy) is 1. The second-order valence-corrected chi connectivity index (χ2v) is 6.41. The van der Waals surface area contributed by atoms with Crippen molar-refractivity contribution in [1.29, 1.82) is 0 Å². The fraction of sp³-hybridized carbons (Fsp3) is 0.588. The Kier molecular flexibility index (Phi) is 4.00. The summed E-state index contributed by atoms with van der Waals surface area (Å²) >= 11 is 0. The number of hydrogen-bond donors (Lipinski definition) is 1. The lowest BCUT2D eigenvalue weighted by atomic mass is 10.0. The van der Waals surface area contributed by atoms with E-state index in [4.69, 9.17) is 4.74 Å². The van der Waals surface area contributed by atoms with Gasteiger partial charge < -0.3 is 9.64 Å². The number of benzene rings is 1. The first kappa shape index (κ1) is 14.5. The van der Waals surface area contributed by atoms with Crippen LogP contribution in [0, 0.1) is 12.8 Å². The van der Waals surface area contributed by atoms with Crippen molar-refractivity contribution in [2.45, 2.75) is 45.4 Å². The summed E-state index contributed by atoms with van der Waals surface area (Å²) in [6.07, 6.45) is 0.901. The summed E-state index contributed by atoms with van der Waals surface area (Å²) in [5.41, 5.74) is 2.41. The number of carbonyl (C=O) groups is 1. The van der Waals surface area contributed by atoms with Crippen LogP contribution in [0.5, 0.6) is 0 Å². The smallest absolute Gasteiger partial charge is 0.241 e. The molecular formula is C17H24N2O2. The van der Waals surface area contributed by atoms with Gasteiger partial charge in [0.05, 0.1) is 18.7 Å². The Morgan fingerprint density at radius 2 is 2.10 bits per heavy atom. The van der Waals surface area contributed by atoms with Crippen LogP contribution in [0.2, 0.25) is 0 Å². The van der Waals surface area contributed by atoms with Gasteiger partial charge in [0.1, 0.15) is 6.17 Å². The van der Waals surface area contributed by atoms with Crippen molar-refractivity contribution in [3.8, 4) is 0 Å². The lowest BCUT2D eigenvalue weighted by Crippen LogP contribution is -2.41. The minimum absolute atomic E-state index is 0.0298. The fourth-order valence-electron chi connectivity index (χ4n) is 3.35. The first-order chi connectivity index (χ1) is 10.1. The Balaban J connectivity index is 1.96. The van der Waals surface area contributed by atoms with Crippen molar-refractivity contribution in [2.24, 2.45) is 5.92 Å². The largest absolute Gasteiger partial charge is 0.379 e. The molecule has 3 unspecified atom stereocenters. The quantitative estimate of drug-likeness (QED) is 0.927. The Morgan fingerprint density at radius 1 is 1.33 bits per heavy atom. The van der Waals surface area contributed by atoms with Crippen LogP contribution in [0.1, 0.15) is 37.6 Å². The van der Waals surface area contributed by atoms with Crippen LogP contribution in [0.15, 0.2) is 24.3 Å². The molecule has 1 N–H and O–H groups in total. The van der Waals surface area contributed by atoms with Gasteiger partial charge in [-0.15, -0.1) is 0 Å². The van der Waals surface area contributed by atoms with Crippen molar-refractivity contribution >= 4 is 5.91 Å². The van der Waals surface area contributed by atoms with E-state index >= 15 is 0 Å². The summed E-state index contributed by atoms with van der Waals surface area (Å²) in [7, 11) is 0. The summed E-state index contributed by atoms with van der Waals surface area (Å²) in [5, 5.41) is 3.55. The van der Waals surface area contributed by atoms with Crippen LogP contribution in [-0.4, -0.2) is 36.1 Å². The normalized spacial score (nSPS) is 29.6. The highest BCUT2D eigenvalue weighted by molar-refractivity contribution is 5.85. The average molecular weight is 288 g/mol. The molecule has 3 atom stereocenters. The summed E-state index contributed by atoms with van der Waals surface area (Å²) in [6.45, 7) is 7.70. The monoisotopic (exact) mass is 288 g/mol. The van der Waals surface area contributed by atoms with Crippen molar-refractivity contribution in [1.82, 2.24) is 10.2 Å². The minimum Gasteiger partial charge on any atom is -0.379 e. The second-order valence-electron chi connectivity index (χ2n) is 6.41. The topological polar surface area (TPSA) is 41.6 Å². The lowest BCUT2D eigenvalue weighted by Gasteiger charge is -2.30. The third-order valence-corrected chi connectivity index (χ3v) is 4.58. The van der Waals surface area contributed by atoms with E-state index in [9.17, 15) is 4.79 Å². The number of hydrogen-bond acceptors (Lipinski definition) is 3. The van der Waals surface area contributed by atoms with Gasteiger partial charge in [-0.3, -0.25) is 10.1 Å². The zero-order chi connectivity index (χ0) is 15.0. The van der Waals surface area contributed by atoms with Gasteiger partial charge in [-0.05, 0) is 30.4 Å². The van der Waals surface area contributed by atoms with Crippen LogP contribution in [0.3, 0.4) is 0 Å². The second kappa shape index (κ2) is 5.78. The zero-order valence-corrected chi connectivity index (χ0v) is 13.0. The molecule has 2 aliphatic rings. The van der Waals surface area contributed by atoms with E-state index in [1.807, 2.05) is 17.0 Å². The third-order valence-electron chi connectivity index (χ3n) is 4.58. The number of nitrogens with one attached hydrogen (secondary N) is 1. The van der Waals surface area contributed by atoms with Gasteiger partial charge in [0, 0.05) is 6.61 Å². The molecule has 0 spiro atoms. The minimum atomic E-state index is -0.102. The Hall–Kier alpha value is -1.39. The van der Waals surface area contributed by atoms with E-state index in [2.05, 4.69) is 38.2 Å². The molecule has 0 bridgehead atoms. The van der Waals surface area contributed by atoms with Gasteiger partial charge in [-0.2, -0.15) is 0 Å². The molecule has 4 nitrogen and oxygen atoms in total. The number of carbonyl (C=O) groups excluding carboxylic acids is 1. The average Bonchev–Trinajstić information content (AvgIpc) is 3.06. The Labute approximate surface area is 126 Å². The highest BCUT2D eigenvalue weighted by atomic mass is 16.5. The Morgan fingerprint density at radius 3 is 2.71 bits per heavy atom. The summed E-state index contributed by atoms with van der Waals surface area (Å²) in [4.78, 5) is 14.9. The predicted molar refractivity (Wildman–Crippen MR) is 81.8 cm³/mol. The van der Waals surface area contributed by atoms with Gasteiger partial charge in [0.15, 0.2) is 0 Å². The van der Waals surface area contributed by atoms with Crippen molar-refractivity contribution in [3.63, 3.8) is 0 Å². The van der Waals surface area contributed by atoms with E-state index in [0.717, 1.165) is 13.0 Å². The lowest BCUT2D eigenvalue weighted by molar-refractivity contribution is -0.133. The van der Waals surface area contributed by atoms with Gasteiger partial charge in [0.2, 0.25) is 5.91 Å². The van der Waals surface area contributed by atoms with Crippen molar-refractivity contribution in [2.75, 3.05) is 13.2 Å². The van der Waals surface area contributed by atoms with E-state index in [1.165, 1.54) is 11.1 Å². The maximum absolute atomic E-state index is 12.8. The fourth-order valence-corrected chi connectivity index (χ4v) is 3.35. The summed E-state index contributed by atoms with van der Waals surface area (Å²) in [6, 6.07) is 8.40. The van der Waals surface area contributed by atoms with E-state index in [0.29, 0.717) is 6.61 Å². The predicted octanol–water partition coefficient (Wildman–Crippen LogP) is 2.24. The molecule has 0 radical (unpaired) electrons. The molecule has 4 heteroatoms. The maximum atomic E-state index is 12.8. The van der Waals surface area contributed by atoms with Crippen LogP contribution in [0.25, 0.3) is 0 Å². The van der Waals surface area contributed by atoms with Gasteiger partial charge in [-0.25, -0.2) is 0 Å². The van der Waals surface area contributed by atoms with Gasteiger partial charge >= 0.3 is 0 Å². The van der Waals surface area contributed by atoms with E-state index in [-0.39, 0.29) is 30.1 Å². The molecule has 114 valence electrons. The third kappa shape index (κ3) is 2.58. The SMILES string of the molecule is Cc1ccccc1C1NC(C(C)C)C(=O)N1C1CCOC1. The summed E-state index contributed by atoms with van der Waals surface area (Å²) < 4.78 is 5.51. The van der Waals surface area contributed by atoms with Crippen molar-refractivity contribution in [3.05, 3.63) is 35.4 Å². The van der Waals surface area contributed by atoms with Crippen LogP contribution < -0.4 is 5.32 Å². The molecule has 2 saturated heterocycles. The number of nitrogens with zero attached hydrogens (tertiary/aromatic N) is 1.